The third-order valence-corrected chi connectivity index (χ3v) is 9.86. The molecule has 5 aromatic rings. The van der Waals surface area contributed by atoms with Gasteiger partial charge in [0, 0.05) is 74.9 Å². The lowest BCUT2D eigenvalue weighted by Crippen LogP contribution is -2.40. The number of hydrogen-bond acceptors (Lipinski definition) is 17. The number of ether oxygens (including phenoxy) is 4. The average Bonchev–Trinajstić information content (AvgIpc) is 3.76. The fraction of sp³-hybridized carbons (Fsp3) is 0.421. The van der Waals surface area contributed by atoms with Gasteiger partial charge in [0.2, 0.25) is 35.7 Å². The number of furan rings is 1. The van der Waals surface area contributed by atoms with E-state index in [1.54, 1.807) is 0 Å². The van der Waals surface area contributed by atoms with Crippen LogP contribution in [0.1, 0.15) is 0 Å². The molecule has 0 amide bonds. The molecule has 7 heterocycles. The number of anilines is 8. The van der Waals surface area contributed by atoms with Gasteiger partial charge in [-0.15, -0.1) is 0 Å². The number of nitrogens with zero attached hydrogens (tertiary/aromatic N) is 10. The van der Waals surface area contributed by atoms with E-state index in [1.807, 2.05) is 60.7 Å². The molecule has 0 aliphatic carbocycles. The van der Waals surface area contributed by atoms with Gasteiger partial charge < -0.3 is 53.6 Å². The van der Waals surface area contributed by atoms with E-state index in [9.17, 15) is 0 Å². The quantitative estimate of drug-likeness (QED) is 0.212. The highest BCUT2D eigenvalue weighted by Crippen LogP contribution is 2.31. The Bertz CT molecular complexity index is 1810. The summed E-state index contributed by atoms with van der Waals surface area (Å²) in [7, 11) is 0. The summed E-state index contributed by atoms with van der Waals surface area (Å²) in [6, 6.07) is 20.1. The van der Waals surface area contributed by atoms with Gasteiger partial charge in [0.1, 0.15) is 11.5 Å². The van der Waals surface area contributed by atoms with E-state index < -0.39 is 0 Å². The van der Waals surface area contributed by atoms with Gasteiger partial charge in [0.05, 0.1) is 52.9 Å². The molecule has 286 valence electrons. The van der Waals surface area contributed by atoms with E-state index in [2.05, 4.69) is 30.2 Å². The molecule has 0 unspecified atom stereocenters. The van der Waals surface area contributed by atoms with Crippen molar-refractivity contribution in [3.8, 4) is 22.6 Å². The van der Waals surface area contributed by atoms with Gasteiger partial charge in [0.15, 0.2) is 0 Å². The molecule has 4 aliphatic heterocycles. The first-order valence-electron chi connectivity index (χ1n) is 18.9. The van der Waals surface area contributed by atoms with Gasteiger partial charge in [-0.3, -0.25) is 0 Å². The van der Waals surface area contributed by atoms with Gasteiger partial charge in [-0.25, -0.2) is 0 Å². The van der Waals surface area contributed by atoms with Crippen LogP contribution in [0.3, 0.4) is 0 Å². The third-order valence-electron chi connectivity index (χ3n) is 9.86. The predicted molar refractivity (Wildman–Crippen MR) is 208 cm³/mol. The maximum Gasteiger partial charge on any atom is 0.233 e. The summed E-state index contributed by atoms with van der Waals surface area (Å²) in [5.74, 6) is 5.11. The third kappa shape index (κ3) is 8.39. The molecular weight excluding hydrogens is 704 g/mol. The minimum Gasteiger partial charge on any atom is -0.456 e. The van der Waals surface area contributed by atoms with Crippen molar-refractivity contribution in [2.24, 2.45) is 0 Å². The van der Waals surface area contributed by atoms with Crippen LogP contribution in [0.4, 0.5) is 47.1 Å². The summed E-state index contributed by atoms with van der Waals surface area (Å²) in [5.41, 5.74) is 3.63. The molecule has 55 heavy (non-hydrogen) atoms. The molecule has 0 saturated carbocycles. The van der Waals surface area contributed by atoms with Crippen LogP contribution in [0.15, 0.2) is 65.1 Å². The number of benzene rings is 2. The van der Waals surface area contributed by atoms with Crippen LogP contribution < -0.4 is 30.2 Å². The van der Waals surface area contributed by atoms with Crippen molar-refractivity contribution in [3.05, 3.63) is 60.7 Å². The molecule has 4 fully saturated rings. The van der Waals surface area contributed by atoms with E-state index in [0.29, 0.717) is 88.5 Å². The van der Waals surface area contributed by atoms with E-state index in [1.165, 1.54) is 0 Å². The van der Waals surface area contributed by atoms with Crippen molar-refractivity contribution in [2.45, 2.75) is 0 Å². The van der Waals surface area contributed by atoms with E-state index in [-0.39, 0.29) is 0 Å². The second-order valence-electron chi connectivity index (χ2n) is 13.5. The molecule has 2 N–H and O–H groups in total. The van der Waals surface area contributed by atoms with E-state index in [4.69, 9.17) is 53.3 Å². The van der Waals surface area contributed by atoms with Crippen LogP contribution in [0, 0.1) is 0 Å². The Hall–Kier alpha value is -5.62. The molecule has 0 atom stereocenters. The zero-order valence-electron chi connectivity index (χ0n) is 30.6. The predicted octanol–water partition coefficient (Wildman–Crippen LogP) is 3.82. The highest BCUT2D eigenvalue weighted by Gasteiger charge is 2.23. The summed E-state index contributed by atoms with van der Waals surface area (Å²) >= 11 is 0. The van der Waals surface area contributed by atoms with Crippen molar-refractivity contribution < 1.29 is 23.4 Å². The van der Waals surface area contributed by atoms with E-state index in [0.717, 1.165) is 86.4 Å². The summed E-state index contributed by atoms with van der Waals surface area (Å²) in [6.07, 6.45) is 0. The van der Waals surface area contributed by atoms with Crippen LogP contribution in [0.2, 0.25) is 0 Å². The Morgan fingerprint density at radius 3 is 0.945 bits per heavy atom. The van der Waals surface area contributed by atoms with Gasteiger partial charge in [-0.05, 0) is 60.7 Å². The van der Waals surface area contributed by atoms with Crippen molar-refractivity contribution >= 4 is 47.1 Å². The van der Waals surface area contributed by atoms with Crippen LogP contribution in [0.25, 0.3) is 22.6 Å². The normalized spacial score (nSPS) is 18.0. The van der Waals surface area contributed by atoms with Gasteiger partial charge in [0.25, 0.3) is 0 Å². The summed E-state index contributed by atoms with van der Waals surface area (Å²) in [4.78, 5) is 37.3. The summed E-state index contributed by atoms with van der Waals surface area (Å²) in [6.45, 7) is 11.1. The number of morpholine rings is 4. The lowest BCUT2D eigenvalue weighted by Gasteiger charge is -2.30. The summed E-state index contributed by atoms with van der Waals surface area (Å²) in [5, 5.41) is 6.79. The van der Waals surface area contributed by atoms with Gasteiger partial charge in [-0.2, -0.15) is 29.9 Å². The Kier molecular flexibility index (Phi) is 10.5. The Morgan fingerprint density at radius 2 is 0.655 bits per heavy atom. The standard InChI is InChI=1S/C38H44N12O5/c1-5-29(39-33-41-35(47-11-19-51-20-12-47)45-36(42-33)48-13-21-52-22-14-48)6-2-27(1)31-9-10-32(55-31)28-3-7-30(8-4-28)40-34-43-37(49-15-23-53-24-16-49)46-38(44-34)50-17-25-54-26-18-50/h1-10H,11-26H2,(H,39,41,42,45)(H,40,43,44,46). The highest BCUT2D eigenvalue weighted by atomic mass is 16.5. The van der Waals surface area contributed by atoms with Crippen LogP contribution in [-0.2, 0) is 18.9 Å². The maximum atomic E-state index is 6.33. The SMILES string of the molecule is c1cc(-c2ccc(-c3ccc(Nc4nc(N5CCOCC5)nc(N5CCOCC5)n4)cc3)o2)ccc1Nc1nc(N2CCOCC2)nc(N2CCOCC2)n1. The van der Waals surface area contributed by atoms with Crippen molar-refractivity contribution in [2.75, 3.05) is 135 Å². The molecule has 3 aromatic heterocycles. The molecule has 0 radical (unpaired) electrons. The number of hydrogen-bond donors (Lipinski definition) is 2. The van der Waals surface area contributed by atoms with Crippen molar-refractivity contribution in [1.82, 2.24) is 29.9 Å². The maximum absolute atomic E-state index is 6.33. The lowest BCUT2D eigenvalue weighted by atomic mass is 10.1. The van der Waals surface area contributed by atoms with Gasteiger partial charge in [-0.1, -0.05) is 0 Å². The molecule has 17 nitrogen and oxygen atoms in total. The van der Waals surface area contributed by atoms with E-state index >= 15 is 0 Å². The zero-order chi connectivity index (χ0) is 36.8. The van der Waals surface area contributed by atoms with Crippen molar-refractivity contribution in [3.63, 3.8) is 0 Å². The Morgan fingerprint density at radius 1 is 0.364 bits per heavy atom. The molecule has 9 rings (SSSR count). The first-order valence-corrected chi connectivity index (χ1v) is 18.9. The number of rotatable bonds is 10. The Balaban J connectivity index is 0.877. The minimum absolute atomic E-state index is 0.495. The van der Waals surface area contributed by atoms with Crippen LogP contribution in [-0.4, -0.2) is 135 Å². The molecule has 2 aromatic carbocycles. The summed E-state index contributed by atoms with van der Waals surface area (Å²) < 4.78 is 28.5. The minimum atomic E-state index is 0.495. The first-order chi connectivity index (χ1) is 27.2. The lowest BCUT2D eigenvalue weighted by molar-refractivity contribution is 0.121. The number of nitrogens with one attached hydrogen (secondary N) is 2. The molecule has 0 spiro atoms. The topological polar surface area (TPSA) is 164 Å². The highest BCUT2D eigenvalue weighted by molar-refractivity contribution is 5.69. The number of aromatic nitrogens is 6. The molecule has 0 bridgehead atoms. The van der Waals surface area contributed by atoms with Crippen molar-refractivity contribution in [1.29, 1.82) is 0 Å². The Labute approximate surface area is 318 Å². The fourth-order valence-corrected chi connectivity index (χ4v) is 6.78. The molecule has 4 aliphatic rings. The smallest absolute Gasteiger partial charge is 0.233 e. The zero-order valence-corrected chi connectivity index (χ0v) is 30.6. The molecule has 17 heteroatoms. The van der Waals surface area contributed by atoms with Gasteiger partial charge >= 0.3 is 0 Å². The fourth-order valence-electron chi connectivity index (χ4n) is 6.78. The van der Waals surface area contributed by atoms with Crippen LogP contribution in [0.5, 0.6) is 0 Å². The largest absolute Gasteiger partial charge is 0.456 e. The second-order valence-corrected chi connectivity index (χ2v) is 13.5. The molecular formula is C38H44N12O5. The molecule has 4 saturated heterocycles. The van der Waals surface area contributed by atoms with Crippen LogP contribution >= 0.6 is 0 Å². The average molecular weight is 749 g/mol. The monoisotopic (exact) mass is 748 g/mol. The second kappa shape index (κ2) is 16.4. The first kappa shape index (κ1) is 35.1.